The molecule has 31 heavy (non-hydrogen) atoms. The molecule has 2 unspecified atom stereocenters. The molecule has 168 valence electrons. The summed E-state index contributed by atoms with van der Waals surface area (Å²) in [6.07, 6.45) is 3.44. The van der Waals surface area contributed by atoms with Gasteiger partial charge in [0.15, 0.2) is 0 Å². The standard InChI is InChI=1S/C23H31FN4O3/c1-16-13-27(14-17(2)30-16)15-18-9-11-28(12-10-18)22(29)8-7-21-25-23(26-31-21)19-3-5-20(24)6-4-19/h3-6,16-18H,7-15H2,1-2H3. The minimum absolute atomic E-state index is 0.133. The number of amides is 1. The number of halogens is 1. The Labute approximate surface area is 182 Å². The first-order valence-corrected chi connectivity index (χ1v) is 11.2. The quantitative estimate of drug-likeness (QED) is 0.701. The molecule has 0 aliphatic carbocycles. The summed E-state index contributed by atoms with van der Waals surface area (Å²) in [4.78, 5) is 21.4. The molecule has 0 radical (unpaired) electrons. The van der Waals surface area contributed by atoms with Crippen molar-refractivity contribution in [1.29, 1.82) is 0 Å². The molecule has 2 aliphatic rings. The number of likely N-dealkylation sites (tertiary alicyclic amines) is 1. The minimum Gasteiger partial charge on any atom is -0.373 e. The van der Waals surface area contributed by atoms with Crippen LogP contribution in [-0.2, 0) is 16.0 Å². The van der Waals surface area contributed by atoms with Crippen LogP contribution in [0.4, 0.5) is 4.39 Å². The van der Waals surface area contributed by atoms with E-state index in [1.807, 2.05) is 4.90 Å². The fourth-order valence-electron chi connectivity index (χ4n) is 4.61. The molecular weight excluding hydrogens is 399 g/mol. The van der Waals surface area contributed by atoms with Gasteiger partial charge in [-0.05, 0) is 56.9 Å². The number of hydrogen-bond acceptors (Lipinski definition) is 6. The summed E-state index contributed by atoms with van der Waals surface area (Å²) in [5.41, 5.74) is 0.689. The summed E-state index contributed by atoms with van der Waals surface area (Å²) >= 11 is 0. The Hall–Kier alpha value is -2.32. The van der Waals surface area contributed by atoms with Gasteiger partial charge >= 0.3 is 0 Å². The van der Waals surface area contributed by atoms with Crippen LogP contribution in [0.2, 0.25) is 0 Å². The Balaban J connectivity index is 1.20. The Morgan fingerprint density at radius 2 is 1.81 bits per heavy atom. The summed E-state index contributed by atoms with van der Waals surface area (Å²) < 4.78 is 24.1. The maximum atomic E-state index is 13.1. The van der Waals surface area contributed by atoms with Gasteiger partial charge in [0, 0.05) is 51.1 Å². The van der Waals surface area contributed by atoms with Gasteiger partial charge in [-0.25, -0.2) is 4.39 Å². The SMILES string of the molecule is CC1CN(CC2CCN(C(=O)CCc3nc(-c4ccc(F)cc4)no3)CC2)CC(C)O1. The molecular formula is C23H31FN4O3. The summed E-state index contributed by atoms with van der Waals surface area (Å²) in [5, 5.41) is 3.94. The lowest BCUT2D eigenvalue weighted by atomic mass is 9.95. The minimum atomic E-state index is -0.309. The molecule has 8 heteroatoms. The van der Waals surface area contributed by atoms with Crippen molar-refractivity contribution in [1.82, 2.24) is 19.9 Å². The lowest BCUT2D eigenvalue weighted by Gasteiger charge is -2.39. The first-order chi connectivity index (χ1) is 15.0. The lowest BCUT2D eigenvalue weighted by molar-refractivity contribution is -0.132. The fourth-order valence-corrected chi connectivity index (χ4v) is 4.61. The van der Waals surface area contributed by atoms with Crippen LogP contribution in [0.5, 0.6) is 0 Å². The van der Waals surface area contributed by atoms with E-state index in [9.17, 15) is 9.18 Å². The molecule has 0 bridgehead atoms. The van der Waals surface area contributed by atoms with Crippen LogP contribution in [0.25, 0.3) is 11.4 Å². The number of carbonyl (C=O) groups is 1. The molecule has 2 aromatic rings. The van der Waals surface area contributed by atoms with Crippen molar-refractivity contribution in [2.24, 2.45) is 5.92 Å². The van der Waals surface area contributed by atoms with E-state index in [1.165, 1.54) is 12.1 Å². The van der Waals surface area contributed by atoms with E-state index < -0.39 is 0 Å². The Morgan fingerprint density at radius 3 is 2.48 bits per heavy atom. The third-order valence-electron chi connectivity index (χ3n) is 6.10. The number of rotatable bonds is 6. The van der Waals surface area contributed by atoms with Crippen LogP contribution in [0, 0.1) is 11.7 Å². The molecule has 2 saturated heterocycles. The molecule has 0 N–H and O–H groups in total. The van der Waals surface area contributed by atoms with E-state index in [1.54, 1.807) is 12.1 Å². The summed E-state index contributed by atoms with van der Waals surface area (Å²) in [6.45, 7) is 8.97. The van der Waals surface area contributed by atoms with Gasteiger partial charge in [0.25, 0.3) is 0 Å². The van der Waals surface area contributed by atoms with Crippen LogP contribution < -0.4 is 0 Å². The average molecular weight is 431 g/mol. The number of carbonyl (C=O) groups excluding carboxylic acids is 1. The Morgan fingerprint density at radius 1 is 1.13 bits per heavy atom. The van der Waals surface area contributed by atoms with Crippen molar-refractivity contribution in [2.45, 2.75) is 51.7 Å². The third-order valence-corrected chi connectivity index (χ3v) is 6.10. The molecule has 1 aromatic carbocycles. The zero-order chi connectivity index (χ0) is 21.8. The highest BCUT2D eigenvalue weighted by molar-refractivity contribution is 5.76. The zero-order valence-corrected chi connectivity index (χ0v) is 18.3. The van der Waals surface area contributed by atoms with Gasteiger partial charge < -0.3 is 14.2 Å². The highest BCUT2D eigenvalue weighted by atomic mass is 19.1. The molecule has 2 fully saturated rings. The van der Waals surface area contributed by atoms with E-state index >= 15 is 0 Å². The molecule has 1 amide bonds. The number of benzene rings is 1. The molecule has 1 aromatic heterocycles. The van der Waals surface area contributed by atoms with E-state index in [0.717, 1.165) is 45.6 Å². The van der Waals surface area contributed by atoms with Crippen LogP contribution in [0.3, 0.4) is 0 Å². The van der Waals surface area contributed by atoms with E-state index in [4.69, 9.17) is 9.26 Å². The molecule has 2 aliphatic heterocycles. The first kappa shape index (κ1) is 21.9. The number of ether oxygens (including phenoxy) is 1. The van der Waals surface area contributed by atoms with Gasteiger partial charge in [-0.15, -0.1) is 0 Å². The molecule has 3 heterocycles. The number of piperidine rings is 1. The molecule has 0 spiro atoms. The van der Waals surface area contributed by atoms with Crippen molar-refractivity contribution in [3.05, 3.63) is 36.0 Å². The summed E-state index contributed by atoms with van der Waals surface area (Å²) in [6, 6.07) is 5.94. The second-order valence-corrected chi connectivity index (χ2v) is 8.82. The maximum absolute atomic E-state index is 13.1. The zero-order valence-electron chi connectivity index (χ0n) is 18.3. The lowest BCUT2D eigenvalue weighted by Crippen LogP contribution is -2.48. The number of morpholine rings is 1. The van der Waals surface area contributed by atoms with Gasteiger partial charge in [-0.2, -0.15) is 4.98 Å². The van der Waals surface area contributed by atoms with Crippen LogP contribution in [0.1, 0.15) is 39.0 Å². The second kappa shape index (κ2) is 9.87. The fraction of sp³-hybridized carbons (Fsp3) is 0.609. The highest BCUT2D eigenvalue weighted by Gasteiger charge is 2.28. The van der Waals surface area contributed by atoms with Crippen molar-refractivity contribution in [3.63, 3.8) is 0 Å². The van der Waals surface area contributed by atoms with Gasteiger partial charge in [-0.1, -0.05) is 5.16 Å². The number of aryl methyl sites for hydroxylation is 1. The predicted octanol–water partition coefficient (Wildman–Crippen LogP) is 3.16. The second-order valence-electron chi connectivity index (χ2n) is 8.82. The normalized spacial score (nSPS) is 23.3. The van der Waals surface area contributed by atoms with Crippen molar-refractivity contribution in [2.75, 3.05) is 32.7 Å². The summed E-state index contributed by atoms with van der Waals surface area (Å²) in [5.74, 6) is 1.30. The van der Waals surface area contributed by atoms with Gasteiger partial charge in [-0.3, -0.25) is 9.69 Å². The molecule has 0 saturated carbocycles. The van der Waals surface area contributed by atoms with Crippen LogP contribution in [-0.4, -0.2) is 70.8 Å². The number of hydrogen-bond donors (Lipinski definition) is 0. The topological polar surface area (TPSA) is 71.7 Å². The van der Waals surface area contributed by atoms with Crippen molar-refractivity contribution >= 4 is 5.91 Å². The van der Waals surface area contributed by atoms with E-state index in [2.05, 4.69) is 28.9 Å². The van der Waals surface area contributed by atoms with Crippen LogP contribution >= 0.6 is 0 Å². The van der Waals surface area contributed by atoms with Gasteiger partial charge in [0.1, 0.15) is 5.82 Å². The van der Waals surface area contributed by atoms with Crippen molar-refractivity contribution < 1.29 is 18.4 Å². The van der Waals surface area contributed by atoms with Crippen molar-refractivity contribution in [3.8, 4) is 11.4 Å². The first-order valence-electron chi connectivity index (χ1n) is 11.2. The molecule has 2 atom stereocenters. The van der Waals surface area contributed by atoms with Gasteiger partial charge in [0.2, 0.25) is 17.6 Å². The molecule has 4 rings (SSSR count). The highest BCUT2D eigenvalue weighted by Crippen LogP contribution is 2.22. The van der Waals surface area contributed by atoms with E-state index in [-0.39, 0.29) is 11.7 Å². The Bertz CT molecular complexity index is 854. The smallest absolute Gasteiger partial charge is 0.227 e. The predicted molar refractivity (Wildman–Crippen MR) is 114 cm³/mol. The van der Waals surface area contributed by atoms with Gasteiger partial charge in [0.05, 0.1) is 12.2 Å². The Kier molecular flexibility index (Phi) is 6.97. The van der Waals surface area contributed by atoms with E-state index in [0.29, 0.717) is 48.2 Å². The average Bonchev–Trinajstić information content (AvgIpc) is 3.21. The third kappa shape index (κ3) is 5.89. The number of nitrogens with zero attached hydrogens (tertiary/aromatic N) is 4. The largest absolute Gasteiger partial charge is 0.373 e. The maximum Gasteiger partial charge on any atom is 0.227 e. The van der Waals surface area contributed by atoms with Crippen LogP contribution in [0.15, 0.2) is 28.8 Å². The molecule has 7 nitrogen and oxygen atoms in total. The summed E-state index contributed by atoms with van der Waals surface area (Å²) in [7, 11) is 0. The number of aromatic nitrogens is 2. The monoisotopic (exact) mass is 430 g/mol.